The lowest BCUT2D eigenvalue weighted by Crippen LogP contribution is -2.56. The molecule has 0 bridgehead atoms. The Bertz CT molecular complexity index is 714. The molecule has 1 unspecified atom stereocenters. The van der Waals surface area contributed by atoms with Crippen molar-refractivity contribution in [3.8, 4) is 0 Å². The largest absolute Gasteiger partial charge is 0.480 e. The van der Waals surface area contributed by atoms with Crippen molar-refractivity contribution < 1.29 is 24.2 Å². The molecule has 1 aromatic rings. The molecule has 1 aliphatic rings. The van der Waals surface area contributed by atoms with E-state index in [4.69, 9.17) is 16.3 Å². The molecule has 7 nitrogen and oxygen atoms in total. The SMILES string of the molecule is CC(C)(C)OC(=O)NC(Cc1ccc(Cl)cc1)C(=O)N1CCCC[C@H]1C(=O)O. The third-order valence-electron chi connectivity index (χ3n) is 4.41. The first kappa shape index (κ1) is 22.0. The van der Waals surface area contributed by atoms with Crippen LogP contribution in [0.4, 0.5) is 4.79 Å². The lowest BCUT2D eigenvalue weighted by atomic mass is 9.99. The van der Waals surface area contributed by atoms with Crippen LogP contribution in [0.2, 0.25) is 5.02 Å². The van der Waals surface area contributed by atoms with Crippen LogP contribution in [0.1, 0.15) is 45.6 Å². The van der Waals surface area contributed by atoms with E-state index in [9.17, 15) is 19.5 Å². The predicted octanol–water partition coefficient (Wildman–Crippen LogP) is 3.24. The quantitative estimate of drug-likeness (QED) is 0.776. The number of hydrogen-bond donors (Lipinski definition) is 2. The number of carboxylic acid groups (broad SMARTS) is 1. The average Bonchev–Trinajstić information content (AvgIpc) is 2.60. The fourth-order valence-corrected chi connectivity index (χ4v) is 3.28. The number of amides is 2. The second kappa shape index (κ2) is 9.28. The minimum atomic E-state index is -1.03. The van der Waals surface area contributed by atoms with Crippen LogP contribution in [-0.2, 0) is 20.7 Å². The summed E-state index contributed by atoms with van der Waals surface area (Å²) in [4.78, 5) is 38.4. The first-order valence-corrected chi connectivity index (χ1v) is 9.72. The summed E-state index contributed by atoms with van der Waals surface area (Å²) >= 11 is 5.91. The van der Waals surface area contributed by atoms with Crippen LogP contribution in [0.25, 0.3) is 0 Å². The summed E-state index contributed by atoms with van der Waals surface area (Å²) in [5, 5.41) is 12.7. The topological polar surface area (TPSA) is 95.9 Å². The molecular weight excluding hydrogens is 384 g/mol. The molecule has 2 atom stereocenters. The molecule has 2 rings (SSSR count). The molecule has 0 radical (unpaired) electrons. The van der Waals surface area contributed by atoms with Gasteiger partial charge in [0.25, 0.3) is 0 Å². The number of benzene rings is 1. The molecule has 8 heteroatoms. The Morgan fingerprint density at radius 3 is 2.46 bits per heavy atom. The zero-order valence-electron chi connectivity index (χ0n) is 16.4. The molecule has 0 spiro atoms. The van der Waals surface area contributed by atoms with Crippen molar-refractivity contribution in [3.63, 3.8) is 0 Å². The molecule has 28 heavy (non-hydrogen) atoms. The number of nitrogens with one attached hydrogen (secondary N) is 1. The highest BCUT2D eigenvalue weighted by atomic mass is 35.5. The van der Waals surface area contributed by atoms with Gasteiger partial charge in [0.05, 0.1) is 0 Å². The van der Waals surface area contributed by atoms with Gasteiger partial charge in [-0.2, -0.15) is 0 Å². The average molecular weight is 411 g/mol. The summed E-state index contributed by atoms with van der Waals surface area (Å²) < 4.78 is 5.28. The van der Waals surface area contributed by atoms with Crippen LogP contribution >= 0.6 is 11.6 Å². The van der Waals surface area contributed by atoms with Crippen molar-refractivity contribution in [3.05, 3.63) is 34.9 Å². The molecule has 2 amide bonds. The summed E-state index contributed by atoms with van der Waals surface area (Å²) in [6.45, 7) is 5.54. The molecule has 154 valence electrons. The summed E-state index contributed by atoms with van der Waals surface area (Å²) in [5.74, 6) is -1.46. The van der Waals surface area contributed by atoms with Gasteiger partial charge in [0.15, 0.2) is 0 Å². The first-order chi connectivity index (χ1) is 13.1. The fraction of sp³-hybridized carbons (Fsp3) is 0.550. The molecule has 1 aliphatic heterocycles. The van der Waals surface area contributed by atoms with Gasteiger partial charge < -0.3 is 20.1 Å². The molecule has 0 aromatic heterocycles. The number of ether oxygens (including phenoxy) is 1. The van der Waals surface area contributed by atoms with Crippen LogP contribution in [0.15, 0.2) is 24.3 Å². The Morgan fingerprint density at radius 2 is 1.89 bits per heavy atom. The van der Waals surface area contributed by atoms with Crippen molar-refractivity contribution in [1.82, 2.24) is 10.2 Å². The summed E-state index contributed by atoms with van der Waals surface area (Å²) in [7, 11) is 0. The van der Waals surface area contributed by atoms with E-state index in [1.54, 1.807) is 45.0 Å². The Kier molecular flexibility index (Phi) is 7.29. The van der Waals surface area contributed by atoms with E-state index in [-0.39, 0.29) is 6.42 Å². The Hall–Kier alpha value is -2.28. The van der Waals surface area contributed by atoms with Crippen LogP contribution in [-0.4, -0.2) is 52.2 Å². The number of likely N-dealkylation sites (tertiary alicyclic amines) is 1. The summed E-state index contributed by atoms with van der Waals surface area (Å²) in [5.41, 5.74) is 0.0786. The van der Waals surface area contributed by atoms with Crippen LogP contribution in [0, 0.1) is 0 Å². The number of piperidine rings is 1. The van der Waals surface area contributed by atoms with Gasteiger partial charge in [-0.1, -0.05) is 23.7 Å². The molecule has 1 aromatic carbocycles. The van der Waals surface area contributed by atoms with E-state index in [2.05, 4.69) is 5.32 Å². The van der Waals surface area contributed by atoms with E-state index >= 15 is 0 Å². The van der Waals surface area contributed by atoms with Gasteiger partial charge in [-0.15, -0.1) is 0 Å². The zero-order chi connectivity index (χ0) is 20.9. The van der Waals surface area contributed by atoms with E-state index in [1.807, 2.05) is 0 Å². The number of halogens is 1. The maximum Gasteiger partial charge on any atom is 0.408 e. The van der Waals surface area contributed by atoms with Crippen LogP contribution in [0.5, 0.6) is 0 Å². The van der Waals surface area contributed by atoms with E-state index in [0.717, 1.165) is 18.4 Å². The standard InChI is InChI=1S/C20H27ClN2O5/c1-20(2,3)28-19(27)22-15(12-13-7-9-14(21)10-8-13)17(24)23-11-5-4-6-16(23)18(25)26/h7-10,15-16H,4-6,11-12H2,1-3H3,(H,22,27)(H,25,26)/t15?,16-/m0/s1. The zero-order valence-corrected chi connectivity index (χ0v) is 17.2. The lowest BCUT2D eigenvalue weighted by molar-refractivity contribution is -0.152. The fourth-order valence-electron chi connectivity index (χ4n) is 3.16. The monoisotopic (exact) mass is 410 g/mol. The number of alkyl carbamates (subject to hydrolysis) is 1. The predicted molar refractivity (Wildman–Crippen MR) is 105 cm³/mol. The van der Waals surface area contributed by atoms with Gasteiger partial charge in [0.1, 0.15) is 17.7 Å². The van der Waals surface area contributed by atoms with Crippen molar-refractivity contribution in [2.75, 3.05) is 6.54 Å². The highest BCUT2D eigenvalue weighted by Gasteiger charge is 2.36. The number of aliphatic carboxylic acids is 1. The summed E-state index contributed by atoms with van der Waals surface area (Å²) in [6, 6.07) is 5.12. The van der Waals surface area contributed by atoms with Gasteiger partial charge in [-0.05, 0) is 57.7 Å². The van der Waals surface area contributed by atoms with Gasteiger partial charge in [-0.3, -0.25) is 4.79 Å². The number of carbonyl (C=O) groups is 3. The highest BCUT2D eigenvalue weighted by Crippen LogP contribution is 2.20. The number of hydrogen-bond acceptors (Lipinski definition) is 4. The van der Waals surface area contributed by atoms with Crippen molar-refractivity contribution >= 4 is 29.6 Å². The maximum absolute atomic E-state index is 13.2. The van der Waals surface area contributed by atoms with E-state index in [0.29, 0.717) is 18.0 Å². The minimum absolute atomic E-state index is 0.206. The molecule has 0 aliphatic carbocycles. The molecule has 1 saturated heterocycles. The molecule has 0 saturated carbocycles. The number of carbonyl (C=O) groups excluding carboxylic acids is 2. The van der Waals surface area contributed by atoms with Gasteiger partial charge in [0, 0.05) is 18.0 Å². The normalized spacial score (nSPS) is 18.3. The highest BCUT2D eigenvalue weighted by molar-refractivity contribution is 6.30. The van der Waals surface area contributed by atoms with Crippen LogP contribution in [0.3, 0.4) is 0 Å². The van der Waals surface area contributed by atoms with Gasteiger partial charge >= 0.3 is 12.1 Å². The second-order valence-electron chi connectivity index (χ2n) is 7.91. The number of carboxylic acids is 1. The molecule has 2 N–H and O–H groups in total. The first-order valence-electron chi connectivity index (χ1n) is 9.34. The van der Waals surface area contributed by atoms with E-state index < -0.39 is 35.7 Å². The van der Waals surface area contributed by atoms with Crippen molar-refractivity contribution in [2.45, 2.75) is 64.1 Å². The lowest BCUT2D eigenvalue weighted by Gasteiger charge is -2.35. The molecule has 1 fully saturated rings. The van der Waals surface area contributed by atoms with Gasteiger partial charge in [-0.25, -0.2) is 9.59 Å². The van der Waals surface area contributed by atoms with Crippen molar-refractivity contribution in [2.24, 2.45) is 0 Å². The van der Waals surface area contributed by atoms with Gasteiger partial charge in [0.2, 0.25) is 5.91 Å². The Labute approximate surface area is 170 Å². The molecular formula is C20H27ClN2O5. The summed E-state index contributed by atoms with van der Waals surface area (Å²) in [6.07, 6.45) is 1.38. The third kappa shape index (κ3) is 6.41. The van der Waals surface area contributed by atoms with E-state index in [1.165, 1.54) is 4.90 Å². The number of rotatable bonds is 5. The molecule has 1 heterocycles. The minimum Gasteiger partial charge on any atom is -0.480 e. The second-order valence-corrected chi connectivity index (χ2v) is 8.35. The maximum atomic E-state index is 13.2. The third-order valence-corrected chi connectivity index (χ3v) is 4.67. The Morgan fingerprint density at radius 1 is 1.25 bits per heavy atom. The van der Waals surface area contributed by atoms with Crippen LogP contribution < -0.4 is 5.32 Å². The number of nitrogens with zero attached hydrogens (tertiary/aromatic N) is 1. The Balaban J connectivity index is 2.22. The smallest absolute Gasteiger partial charge is 0.408 e. The van der Waals surface area contributed by atoms with Crippen molar-refractivity contribution in [1.29, 1.82) is 0 Å².